The number of para-hydroxylation sites is 1. The number of fused-ring (bicyclic) bond motifs is 1. The monoisotopic (exact) mass is 396 g/mol. The van der Waals surface area contributed by atoms with Gasteiger partial charge in [-0.05, 0) is 66.8 Å². The second-order valence-electron chi connectivity index (χ2n) is 7.09. The van der Waals surface area contributed by atoms with Crippen LogP contribution in [0.4, 0.5) is 0 Å². The highest BCUT2D eigenvalue weighted by Gasteiger charge is 2.29. The van der Waals surface area contributed by atoms with Crippen molar-refractivity contribution in [3.8, 4) is 5.69 Å². The van der Waals surface area contributed by atoms with Crippen molar-refractivity contribution in [2.75, 3.05) is 0 Å². The highest BCUT2D eigenvalue weighted by atomic mass is 79.9. The third kappa shape index (κ3) is 2.49. The Hall–Kier alpha value is -2.14. The smallest absolute Gasteiger partial charge is 0.273 e. The van der Waals surface area contributed by atoms with Gasteiger partial charge in [-0.1, -0.05) is 34.1 Å². The van der Waals surface area contributed by atoms with Crippen LogP contribution in [-0.2, 0) is 0 Å². The first-order valence-corrected chi connectivity index (χ1v) is 9.50. The fourth-order valence-electron chi connectivity index (χ4n) is 3.65. The lowest BCUT2D eigenvalue weighted by Gasteiger charge is -2.15. The van der Waals surface area contributed by atoms with E-state index >= 15 is 0 Å². The first-order valence-electron chi connectivity index (χ1n) is 8.71. The molecule has 0 spiro atoms. The first kappa shape index (κ1) is 15.1. The van der Waals surface area contributed by atoms with Gasteiger partial charge in [-0.15, -0.1) is 0 Å². The number of aromatic nitrogens is 2. The van der Waals surface area contributed by atoms with Crippen molar-refractivity contribution >= 4 is 26.8 Å². The number of nitrogens with zero attached hydrogens (tertiary/aromatic N) is 1. The summed E-state index contributed by atoms with van der Waals surface area (Å²) in [7, 11) is 0. The average molecular weight is 397 g/mol. The number of hydrogen-bond donors (Lipinski definition) is 1. The molecule has 0 saturated heterocycles. The zero-order chi connectivity index (χ0) is 17.1. The SMILES string of the molecule is O=c1[nH]c(=O)n(-c2ccccc2C2CC2)c2cc(C3CC3)c(Br)cc12. The van der Waals surface area contributed by atoms with Crippen LogP contribution in [0.1, 0.15) is 48.6 Å². The van der Waals surface area contributed by atoms with E-state index in [4.69, 9.17) is 0 Å². The Labute approximate surface area is 152 Å². The lowest BCUT2D eigenvalue weighted by molar-refractivity contribution is 0.917. The van der Waals surface area contributed by atoms with E-state index in [0.29, 0.717) is 22.7 Å². The molecule has 0 radical (unpaired) electrons. The third-order valence-corrected chi connectivity index (χ3v) is 5.92. The zero-order valence-corrected chi connectivity index (χ0v) is 15.2. The number of H-pyrrole nitrogens is 1. The van der Waals surface area contributed by atoms with Gasteiger partial charge in [0, 0.05) is 4.47 Å². The van der Waals surface area contributed by atoms with Gasteiger partial charge in [-0.25, -0.2) is 4.79 Å². The van der Waals surface area contributed by atoms with Crippen LogP contribution in [0.3, 0.4) is 0 Å². The summed E-state index contributed by atoms with van der Waals surface area (Å²) in [4.78, 5) is 27.6. The van der Waals surface area contributed by atoms with Gasteiger partial charge in [0.1, 0.15) is 0 Å². The molecule has 1 aromatic heterocycles. The molecule has 25 heavy (non-hydrogen) atoms. The molecular formula is C20H17BrN2O2. The zero-order valence-electron chi connectivity index (χ0n) is 13.6. The molecule has 0 aliphatic heterocycles. The lowest BCUT2D eigenvalue weighted by atomic mass is 10.1. The Morgan fingerprint density at radius 2 is 1.64 bits per heavy atom. The van der Waals surface area contributed by atoms with Crippen LogP contribution in [0.5, 0.6) is 0 Å². The molecule has 1 heterocycles. The van der Waals surface area contributed by atoms with Gasteiger partial charge in [0.15, 0.2) is 0 Å². The standard InChI is InChI=1S/C20H17BrN2O2/c21-16-9-15-18(10-14(16)12-7-8-12)23(20(25)22-19(15)24)17-4-2-1-3-13(17)11-5-6-11/h1-4,9-12H,5-8H2,(H,22,24,25). The summed E-state index contributed by atoms with van der Waals surface area (Å²) in [5, 5.41) is 0.543. The van der Waals surface area contributed by atoms with Gasteiger partial charge < -0.3 is 0 Å². The molecule has 0 bridgehead atoms. The van der Waals surface area contributed by atoms with E-state index in [1.807, 2.05) is 30.3 Å². The molecule has 2 aromatic carbocycles. The van der Waals surface area contributed by atoms with Gasteiger partial charge in [-0.3, -0.25) is 14.3 Å². The molecule has 2 aliphatic carbocycles. The molecule has 2 fully saturated rings. The summed E-state index contributed by atoms with van der Waals surface area (Å²) >= 11 is 3.60. The van der Waals surface area contributed by atoms with Crippen LogP contribution in [0.25, 0.3) is 16.6 Å². The van der Waals surface area contributed by atoms with Crippen molar-refractivity contribution in [2.24, 2.45) is 0 Å². The topological polar surface area (TPSA) is 54.9 Å². The highest BCUT2D eigenvalue weighted by molar-refractivity contribution is 9.10. The summed E-state index contributed by atoms with van der Waals surface area (Å²) in [6.45, 7) is 0. The molecule has 0 amide bonds. The minimum absolute atomic E-state index is 0.330. The highest BCUT2D eigenvalue weighted by Crippen LogP contribution is 2.45. The van der Waals surface area contributed by atoms with E-state index in [-0.39, 0.29) is 11.2 Å². The molecule has 0 unspecified atom stereocenters. The van der Waals surface area contributed by atoms with Crippen LogP contribution in [0.15, 0.2) is 50.5 Å². The van der Waals surface area contributed by atoms with Crippen LogP contribution in [0, 0.1) is 0 Å². The Morgan fingerprint density at radius 3 is 2.36 bits per heavy atom. The molecule has 3 aromatic rings. The van der Waals surface area contributed by atoms with E-state index in [1.165, 1.54) is 11.1 Å². The Morgan fingerprint density at radius 1 is 0.960 bits per heavy atom. The second-order valence-corrected chi connectivity index (χ2v) is 7.95. The Kier molecular flexibility index (Phi) is 3.29. The largest absolute Gasteiger partial charge is 0.333 e. The molecule has 5 rings (SSSR count). The molecule has 0 atom stereocenters. The quantitative estimate of drug-likeness (QED) is 0.721. The maximum Gasteiger partial charge on any atom is 0.333 e. The maximum absolute atomic E-state index is 12.7. The number of rotatable bonds is 3. The van der Waals surface area contributed by atoms with Crippen molar-refractivity contribution < 1.29 is 0 Å². The number of hydrogen-bond acceptors (Lipinski definition) is 2. The third-order valence-electron chi connectivity index (χ3n) is 5.24. The lowest BCUT2D eigenvalue weighted by Crippen LogP contribution is -2.30. The van der Waals surface area contributed by atoms with Gasteiger partial charge in [0.05, 0.1) is 16.6 Å². The number of benzene rings is 2. The summed E-state index contributed by atoms with van der Waals surface area (Å²) < 4.78 is 2.64. The van der Waals surface area contributed by atoms with Crippen molar-refractivity contribution in [3.05, 3.63) is 72.8 Å². The molecule has 126 valence electrons. The van der Waals surface area contributed by atoms with Crippen LogP contribution in [0.2, 0.25) is 0 Å². The Balaban J connectivity index is 1.88. The van der Waals surface area contributed by atoms with Gasteiger partial charge in [-0.2, -0.15) is 0 Å². The fraction of sp³-hybridized carbons (Fsp3) is 0.300. The summed E-state index contributed by atoms with van der Waals surface area (Å²) in [6.07, 6.45) is 4.64. The summed E-state index contributed by atoms with van der Waals surface area (Å²) in [5.74, 6) is 1.05. The predicted molar refractivity (Wildman–Crippen MR) is 102 cm³/mol. The van der Waals surface area contributed by atoms with Crippen LogP contribution in [-0.4, -0.2) is 9.55 Å². The normalized spacial score (nSPS) is 17.2. The predicted octanol–water partition coefficient (Wildman–Crippen LogP) is 4.20. The van der Waals surface area contributed by atoms with E-state index in [2.05, 4.69) is 27.0 Å². The van der Waals surface area contributed by atoms with Crippen molar-refractivity contribution in [1.29, 1.82) is 0 Å². The van der Waals surface area contributed by atoms with Gasteiger partial charge >= 0.3 is 5.69 Å². The fourth-order valence-corrected chi connectivity index (χ4v) is 4.32. The van der Waals surface area contributed by atoms with Crippen LogP contribution >= 0.6 is 15.9 Å². The van der Waals surface area contributed by atoms with E-state index < -0.39 is 0 Å². The Bertz CT molecular complexity index is 1120. The maximum atomic E-state index is 12.7. The van der Waals surface area contributed by atoms with E-state index in [1.54, 1.807) is 4.57 Å². The minimum Gasteiger partial charge on any atom is -0.273 e. The minimum atomic E-state index is -0.366. The van der Waals surface area contributed by atoms with E-state index in [0.717, 1.165) is 35.8 Å². The van der Waals surface area contributed by atoms with Gasteiger partial charge in [0.25, 0.3) is 5.56 Å². The summed E-state index contributed by atoms with van der Waals surface area (Å²) in [6, 6.07) is 11.9. The van der Waals surface area contributed by atoms with Crippen molar-refractivity contribution in [1.82, 2.24) is 9.55 Å². The number of nitrogens with one attached hydrogen (secondary N) is 1. The molecule has 2 saturated carbocycles. The van der Waals surface area contributed by atoms with Crippen LogP contribution < -0.4 is 11.2 Å². The molecule has 1 N–H and O–H groups in total. The molecule has 4 nitrogen and oxygen atoms in total. The second kappa shape index (κ2) is 5.43. The molecule has 5 heteroatoms. The first-order chi connectivity index (χ1) is 12.1. The number of aromatic amines is 1. The number of halogens is 1. The van der Waals surface area contributed by atoms with Crippen molar-refractivity contribution in [3.63, 3.8) is 0 Å². The molecular weight excluding hydrogens is 380 g/mol. The van der Waals surface area contributed by atoms with Crippen molar-refractivity contribution in [2.45, 2.75) is 37.5 Å². The molecule has 2 aliphatic rings. The average Bonchev–Trinajstić information content (AvgIpc) is 3.47. The van der Waals surface area contributed by atoms with E-state index in [9.17, 15) is 9.59 Å². The summed E-state index contributed by atoms with van der Waals surface area (Å²) in [5.41, 5.74) is 3.27. The van der Waals surface area contributed by atoms with Gasteiger partial charge in [0.2, 0.25) is 0 Å².